The summed E-state index contributed by atoms with van der Waals surface area (Å²) in [6.07, 6.45) is -4.53. The SMILES string of the molecule is COc1cc([N+](=O)[O-])c2nc(Cl)c(Oc3cccc(C(F)(F)F)c3)c(C)c2c1. The number of fused-ring (bicyclic) bond motifs is 1. The van der Waals surface area contributed by atoms with Crippen LogP contribution in [0.4, 0.5) is 18.9 Å². The van der Waals surface area contributed by atoms with Gasteiger partial charge >= 0.3 is 6.18 Å². The zero-order chi connectivity index (χ0) is 20.6. The van der Waals surface area contributed by atoms with E-state index in [2.05, 4.69) is 4.98 Å². The quantitative estimate of drug-likeness (QED) is 0.302. The van der Waals surface area contributed by atoms with E-state index in [4.69, 9.17) is 21.1 Å². The summed E-state index contributed by atoms with van der Waals surface area (Å²) in [7, 11) is 1.35. The standard InChI is InChI=1S/C18H12ClF3N2O4/c1-9-13-7-12(27-2)8-14(24(25)26)15(13)23-17(19)16(9)28-11-5-3-4-10(6-11)18(20,21)22/h3-8H,1-2H3. The van der Waals surface area contributed by atoms with Gasteiger partial charge in [0.15, 0.2) is 16.4 Å². The Labute approximate surface area is 161 Å². The third-order valence-electron chi connectivity index (χ3n) is 4.02. The van der Waals surface area contributed by atoms with Gasteiger partial charge in [-0.05, 0) is 31.2 Å². The van der Waals surface area contributed by atoms with Crippen molar-refractivity contribution in [2.45, 2.75) is 13.1 Å². The molecule has 0 aliphatic heterocycles. The maximum Gasteiger partial charge on any atom is 0.416 e. The van der Waals surface area contributed by atoms with E-state index in [-0.39, 0.29) is 33.6 Å². The number of methoxy groups -OCH3 is 1. The molecule has 0 radical (unpaired) electrons. The molecule has 0 unspecified atom stereocenters. The predicted molar refractivity (Wildman–Crippen MR) is 96.2 cm³/mol. The number of nitro benzene ring substituents is 1. The normalized spacial score (nSPS) is 11.5. The van der Waals surface area contributed by atoms with Crippen LogP contribution in [0.3, 0.4) is 0 Å². The smallest absolute Gasteiger partial charge is 0.416 e. The molecule has 0 aliphatic carbocycles. The van der Waals surface area contributed by atoms with Crippen LogP contribution in [-0.4, -0.2) is 17.0 Å². The van der Waals surface area contributed by atoms with E-state index in [1.54, 1.807) is 6.92 Å². The maximum atomic E-state index is 12.9. The van der Waals surface area contributed by atoms with Crippen molar-refractivity contribution in [1.29, 1.82) is 0 Å². The van der Waals surface area contributed by atoms with E-state index in [9.17, 15) is 23.3 Å². The number of pyridine rings is 1. The van der Waals surface area contributed by atoms with Gasteiger partial charge in [0.25, 0.3) is 5.69 Å². The van der Waals surface area contributed by atoms with Crippen LogP contribution in [0.15, 0.2) is 36.4 Å². The molecule has 2 aromatic carbocycles. The summed E-state index contributed by atoms with van der Waals surface area (Å²) in [6.45, 7) is 1.57. The number of non-ortho nitro benzene ring substituents is 1. The van der Waals surface area contributed by atoms with Crippen LogP contribution in [0, 0.1) is 17.0 Å². The highest BCUT2D eigenvalue weighted by atomic mass is 35.5. The highest BCUT2D eigenvalue weighted by Crippen LogP contribution is 2.41. The Kier molecular flexibility index (Phi) is 5.03. The van der Waals surface area contributed by atoms with Crippen LogP contribution < -0.4 is 9.47 Å². The van der Waals surface area contributed by atoms with Crippen LogP contribution in [0.25, 0.3) is 10.9 Å². The van der Waals surface area contributed by atoms with Crippen LogP contribution in [-0.2, 0) is 6.18 Å². The molecule has 0 amide bonds. The van der Waals surface area contributed by atoms with Crippen molar-refractivity contribution in [3.05, 3.63) is 62.8 Å². The first-order chi connectivity index (χ1) is 13.1. The molecular formula is C18H12ClF3N2O4. The van der Waals surface area contributed by atoms with Gasteiger partial charge in [-0.15, -0.1) is 0 Å². The largest absolute Gasteiger partial charge is 0.496 e. The summed E-state index contributed by atoms with van der Waals surface area (Å²) in [5.74, 6) is 0.117. The number of halogens is 4. The van der Waals surface area contributed by atoms with Gasteiger partial charge in [0.2, 0.25) is 0 Å². The van der Waals surface area contributed by atoms with Crippen LogP contribution >= 0.6 is 11.6 Å². The molecule has 1 heterocycles. The van der Waals surface area contributed by atoms with Crippen molar-refractivity contribution in [3.8, 4) is 17.2 Å². The molecule has 28 heavy (non-hydrogen) atoms. The van der Waals surface area contributed by atoms with E-state index in [1.807, 2.05) is 0 Å². The van der Waals surface area contributed by atoms with Crippen LogP contribution in [0.5, 0.6) is 17.2 Å². The number of aryl methyl sites for hydroxylation is 1. The van der Waals surface area contributed by atoms with Crippen molar-refractivity contribution in [3.63, 3.8) is 0 Å². The monoisotopic (exact) mass is 412 g/mol. The molecule has 0 atom stereocenters. The third kappa shape index (κ3) is 3.65. The molecule has 0 spiro atoms. The minimum absolute atomic E-state index is 0.00366. The van der Waals surface area contributed by atoms with E-state index in [0.717, 1.165) is 12.1 Å². The second kappa shape index (κ2) is 7.16. The molecule has 6 nitrogen and oxygen atoms in total. The van der Waals surface area contributed by atoms with Gasteiger partial charge in [-0.2, -0.15) is 13.2 Å². The molecule has 1 aromatic heterocycles. The Morgan fingerprint density at radius 1 is 1.18 bits per heavy atom. The van der Waals surface area contributed by atoms with Gasteiger partial charge in [0.1, 0.15) is 11.5 Å². The lowest BCUT2D eigenvalue weighted by atomic mass is 10.1. The third-order valence-corrected chi connectivity index (χ3v) is 4.28. The number of aromatic nitrogens is 1. The van der Waals surface area contributed by atoms with Crippen molar-refractivity contribution in [2.75, 3.05) is 7.11 Å². The summed E-state index contributed by atoms with van der Waals surface area (Å²) in [5, 5.41) is 11.5. The van der Waals surface area contributed by atoms with Gasteiger partial charge in [0, 0.05) is 10.9 Å². The van der Waals surface area contributed by atoms with Crippen molar-refractivity contribution in [2.24, 2.45) is 0 Å². The van der Waals surface area contributed by atoms with Gasteiger partial charge in [-0.25, -0.2) is 4.98 Å². The summed E-state index contributed by atoms with van der Waals surface area (Å²) in [6, 6.07) is 6.99. The topological polar surface area (TPSA) is 74.5 Å². The lowest BCUT2D eigenvalue weighted by Crippen LogP contribution is -2.04. The second-order valence-electron chi connectivity index (χ2n) is 5.78. The molecule has 146 valence electrons. The summed E-state index contributed by atoms with van der Waals surface area (Å²) in [5.41, 5.74) is -0.811. The lowest BCUT2D eigenvalue weighted by molar-refractivity contribution is -0.383. The minimum atomic E-state index is -4.53. The second-order valence-corrected chi connectivity index (χ2v) is 6.14. The van der Waals surface area contributed by atoms with Crippen molar-refractivity contribution in [1.82, 2.24) is 4.98 Å². The Balaban J connectivity index is 2.16. The molecular weight excluding hydrogens is 401 g/mol. The first-order valence-corrected chi connectivity index (χ1v) is 8.17. The fourth-order valence-electron chi connectivity index (χ4n) is 2.65. The summed E-state index contributed by atoms with van der Waals surface area (Å²) >= 11 is 6.13. The van der Waals surface area contributed by atoms with E-state index < -0.39 is 16.7 Å². The Morgan fingerprint density at radius 3 is 2.50 bits per heavy atom. The average molecular weight is 413 g/mol. The fourth-order valence-corrected chi connectivity index (χ4v) is 2.92. The molecule has 0 N–H and O–H groups in total. The van der Waals surface area contributed by atoms with Crippen LogP contribution in [0.1, 0.15) is 11.1 Å². The number of hydrogen-bond acceptors (Lipinski definition) is 5. The molecule has 0 saturated carbocycles. The number of hydrogen-bond donors (Lipinski definition) is 0. The van der Waals surface area contributed by atoms with E-state index in [1.165, 1.54) is 31.4 Å². The minimum Gasteiger partial charge on any atom is -0.496 e. The molecule has 0 bridgehead atoms. The maximum absolute atomic E-state index is 12.9. The lowest BCUT2D eigenvalue weighted by Gasteiger charge is -2.14. The number of rotatable bonds is 4. The first-order valence-electron chi connectivity index (χ1n) is 7.79. The number of ether oxygens (including phenoxy) is 2. The van der Waals surface area contributed by atoms with Gasteiger partial charge in [-0.3, -0.25) is 10.1 Å². The number of benzene rings is 2. The zero-order valence-corrected chi connectivity index (χ0v) is 15.3. The van der Waals surface area contributed by atoms with E-state index in [0.29, 0.717) is 10.9 Å². The highest BCUT2D eigenvalue weighted by Gasteiger charge is 2.31. The molecule has 0 aliphatic rings. The van der Waals surface area contributed by atoms with Crippen molar-refractivity contribution >= 4 is 28.2 Å². The van der Waals surface area contributed by atoms with E-state index >= 15 is 0 Å². The fraction of sp³-hybridized carbons (Fsp3) is 0.167. The number of alkyl halides is 3. The Hall–Kier alpha value is -3.07. The zero-order valence-electron chi connectivity index (χ0n) is 14.5. The predicted octanol–water partition coefficient (Wildman–Crippen LogP) is 5.92. The number of nitro groups is 1. The average Bonchev–Trinajstić information content (AvgIpc) is 2.64. The van der Waals surface area contributed by atoms with Gasteiger partial charge in [-0.1, -0.05) is 17.7 Å². The number of nitrogens with zero attached hydrogens (tertiary/aromatic N) is 2. The molecule has 0 fully saturated rings. The Bertz CT molecular complexity index is 1090. The molecule has 3 aromatic rings. The van der Waals surface area contributed by atoms with Crippen LogP contribution in [0.2, 0.25) is 5.15 Å². The van der Waals surface area contributed by atoms with Gasteiger partial charge < -0.3 is 9.47 Å². The summed E-state index contributed by atoms with van der Waals surface area (Å²) < 4.78 is 49.3. The van der Waals surface area contributed by atoms with Gasteiger partial charge in [0.05, 0.1) is 23.7 Å². The Morgan fingerprint density at radius 2 is 1.89 bits per heavy atom. The first kappa shape index (κ1) is 19.7. The highest BCUT2D eigenvalue weighted by molar-refractivity contribution is 6.31. The molecule has 0 saturated heterocycles. The van der Waals surface area contributed by atoms with Crippen molar-refractivity contribution < 1.29 is 27.6 Å². The summed E-state index contributed by atoms with van der Waals surface area (Å²) in [4.78, 5) is 14.7. The molecule has 3 rings (SSSR count). The molecule has 10 heteroatoms.